The first-order valence-electron chi connectivity index (χ1n) is 8.49. The predicted octanol–water partition coefficient (Wildman–Crippen LogP) is 3.68. The molecule has 0 unspecified atom stereocenters. The van der Waals surface area contributed by atoms with Gasteiger partial charge in [-0.1, -0.05) is 0 Å². The van der Waals surface area contributed by atoms with E-state index in [4.69, 9.17) is 4.74 Å². The zero-order valence-corrected chi connectivity index (χ0v) is 15.1. The van der Waals surface area contributed by atoms with E-state index in [1.165, 1.54) is 30.3 Å². The highest BCUT2D eigenvalue weighted by molar-refractivity contribution is 6.06. The standard InChI is InChI=1S/C21H20N2O5/c1-28-17-6-2-14(3-7-17)23-21(27)18-11-15(4-8-20(18)26)22-12-13-10-16(24)5-9-19(13)25/h2-11,22,24-26H,12H2,1H3,(H,23,27). The van der Waals surface area contributed by atoms with Gasteiger partial charge in [0.2, 0.25) is 0 Å². The van der Waals surface area contributed by atoms with Crippen molar-refractivity contribution in [1.82, 2.24) is 0 Å². The number of methoxy groups -OCH3 is 1. The number of hydrogen-bond acceptors (Lipinski definition) is 6. The topological polar surface area (TPSA) is 111 Å². The van der Waals surface area contributed by atoms with E-state index >= 15 is 0 Å². The number of carbonyl (C=O) groups is 1. The Balaban J connectivity index is 1.73. The van der Waals surface area contributed by atoms with E-state index < -0.39 is 5.91 Å². The highest BCUT2D eigenvalue weighted by Crippen LogP contribution is 2.26. The fourth-order valence-electron chi connectivity index (χ4n) is 2.61. The van der Waals surface area contributed by atoms with Gasteiger partial charge in [-0.05, 0) is 60.7 Å². The van der Waals surface area contributed by atoms with Crippen LogP contribution in [0.5, 0.6) is 23.0 Å². The second-order valence-corrected chi connectivity index (χ2v) is 6.08. The number of aromatic hydroxyl groups is 3. The van der Waals surface area contributed by atoms with Crippen LogP contribution in [0.2, 0.25) is 0 Å². The van der Waals surface area contributed by atoms with Crippen LogP contribution in [0.25, 0.3) is 0 Å². The number of carbonyl (C=O) groups excluding carboxylic acids is 1. The van der Waals surface area contributed by atoms with Gasteiger partial charge in [0, 0.05) is 23.5 Å². The fourth-order valence-corrected chi connectivity index (χ4v) is 2.61. The number of nitrogens with one attached hydrogen (secondary N) is 2. The van der Waals surface area contributed by atoms with Gasteiger partial charge in [-0.2, -0.15) is 0 Å². The Bertz CT molecular complexity index is 987. The van der Waals surface area contributed by atoms with E-state index in [2.05, 4.69) is 10.6 Å². The lowest BCUT2D eigenvalue weighted by Crippen LogP contribution is -2.12. The Labute approximate surface area is 161 Å². The van der Waals surface area contributed by atoms with Crippen LogP contribution in [0, 0.1) is 0 Å². The zero-order valence-electron chi connectivity index (χ0n) is 15.1. The zero-order chi connectivity index (χ0) is 20.1. The summed E-state index contributed by atoms with van der Waals surface area (Å²) in [7, 11) is 1.56. The van der Waals surface area contributed by atoms with Crippen molar-refractivity contribution in [2.24, 2.45) is 0 Å². The van der Waals surface area contributed by atoms with Crippen LogP contribution < -0.4 is 15.4 Å². The van der Waals surface area contributed by atoms with Gasteiger partial charge in [-0.25, -0.2) is 0 Å². The van der Waals surface area contributed by atoms with E-state index in [0.29, 0.717) is 22.7 Å². The van der Waals surface area contributed by atoms with E-state index in [0.717, 1.165) is 0 Å². The second-order valence-electron chi connectivity index (χ2n) is 6.08. The molecule has 3 aromatic carbocycles. The van der Waals surface area contributed by atoms with E-state index in [1.54, 1.807) is 37.4 Å². The quantitative estimate of drug-likeness (QED) is 0.417. The molecule has 5 N–H and O–H groups in total. The van der Waals surface area contributed by atoms with Crippen LogP contribution in [-0.4, -0.2) is 28.3 Å². The lowest BCUT2D eigenvalue weighted by Gasteiger charge is -2.12. The summed E-state index contributed by atoms with van der Waals surface area (Å²) < 4.78 is 5.08. The molecule has 3 rings (SSSR count). The molecule has 0 saturated heterocycles. The summed E-state index contributed by atoms with van der Waals surface area (Å²) in [6, 6.07) is 15.6. The summed E-state index contributed by atoms with van der Waals surface area (Å²) in [5, 5.41) is 35.2. The van der Waals surface area contributed by atoms with Gasteiger partial charge in [-0.15, -0.1) is 0 Å². The first-order chi connectivity index (χ1) is 13.5. The van der Waals surface area contributed by atoms with Gasteiger partial charge in [0.25, 0.3) is 5.91 Å². The van der Waals surface area contributed by atoms with Crippen LogP contribution >= 0.6 is 0 Å². The number of hydrogen-bond donors (Lipinski definition) is 5. The van der Waals surface area contributed by atoms with E-state index in [9.17, 15) is 20.1 Å². The highest BCUT2D eigenvalue weighted by atomic mass is 16.5. The van der Waals surface area contributed by atoms with E-state index in [-0.39, 0.29) is 29.4 Å². The molecule has 0 aliphatic heterocycles. The number of rotatable bonds is 6. The average molecular weight is 380 g/mol. The molecule has 1 amide bonds. The van der Waals surface area contributed by atoms with Gasteiger partial charge >= 0.3 is 0 Å². The fraction of sp³-hybridized carbons (Fsp3) is 0.0952. The summed E-state index contributed by atoms with van der Waals surface area (Å²) in [4.78, 5) is 12.5. The molecule has 3 aromatic rings. The summed E-state index contributed by atoms with van der Waals surface area (Å²) >= 11 is 0. The van der Waals surface area contributed by atoms with Gasteiger partial charge in [-0.3, -0.25) is 4.79 Å². The predicted molar refractivity (Wildman–Crippen MR) is 106 cm³/mol. The van der Waals surface area contributed by atoms with Gasteiger partial charge in [0.15, 0.2) is 0 Å². The lowest BCUT2D eigenvalue weighted by atomic mass is 10.1. The molecule has 0 fully saturated rings. The molecule has 144 valence electrons. The first kappa shape index (κ1) is 18.9. The van der Waals surface area contributed by atoms with Crippen LogP contribution in [0.3, 0.4) is 0 Å². The highest BCUT2D eigenvalue weighted by Gasteiger charge is 2.13. The third-order valence-electron chi connectivity index (χ3n) is 4.14. The minimum atomic E-state index is -0.466. The molecule has 0 aromatic heterocycles. The molecule has 0 saturated carbocycles. The molecule has 7 heteroatoms. The van der Waals surface area contributed by atoms with Crippen molar-refractivity contribution >= 4 is 17.3 Å². The Morgan fingerprint density at radius 2 is 1.57 bits per heavy atom. The summed E-state index contributed by atoms with van der Waals surface area (Å²) in [6.07, 6.45) is 0. The molecule has 0 radical (unpaired) electrons. The maximum atomic E-state index is 12.5. The minimum absolute atomic E-state index is 0.0415. The average Bonchev–Trinajstić information content (AvgIpc) is 2.70. The number of benzene rings is 3. The third kappa shape index (κ3) is 4.45. The van der Waals surface area contributed by atoms with Crippen molar-refractivity contribution in [3.05, 3.63) is 71.8 Å². The molecule has 7 nitrogen and oxygen atoms in total. The Morgan fingerprint density at radius 3 is 2.29 bits per heavy atom. The van der Waals surface area contributed by atoms with Crippen molar-refractivity contribution in [3.63, 3.8) is 0 Å². The van der Waals surface area contributed by atoms with E-state index in [1.807, 2.05) is 0 Å². The maximum absolute atomic E-state index is 12.5. The smallest absolute Gasteiger partial charge is 0.259 e. The van der Waals surface area contributed by atoms with Crippen LogP contribution in [0.1, 0.15) is 15.9 Å². The van der Waals surface area contributed by atoms with Gasteiger partial charge in [0.05, 0.1) is 12.7 Å². The third-order valence-corrected chi connectivity index (χ3v) is 4.14. The van der Waals surface area contributed by atoms with Crippen molar-refractivity contribution in [3.8, 4) is 23.0 Å². The molecule has 28 heavy (non-hydrogen) atoms. The van der Waals surface area contributed by atoms with Crippen molar-refractivity contribution < 1.29 is 24.9 Å². The number of ether oxygens (including phenoxy) is 1. The Hall–Kier alpha value is -3.87. The summed E-state index contributed by atoms with van der Waals surface area (Å²) in [5.41, 5.74) is 1.73. The molecular formula is C21H20N2O5. The normalized spacial score (nSPS) is 10.3. The molecular weight excluding hydrogens is 360 g/mol. The van der Waals surface area contributed by atoms with Crippen molar-refractivity contribution in [2.45, 2.75) is 6.54 Å². The van der Waals surface area contributed by atoms with Crippen LogP contribution in [0.4, 0.5) is 11.4 Å². The van der Waals surface area contributed by atoms with Crippen molar-refractivity contribution in [1.29, 1.82) is 0 Å². The van der Waals surface area contributed by atoms with Crippen LogP contribution in [-0.2, 0) is 6.54 Å². The first-order valence-corrected chi connectivity index (χ1v) is 8.49. The summed E-state index contributed by atoms with van der Waals surface area (Å²) in [6.45, 7) is 0.227. The monoisotopic (exact) mass is 380 g/mol. The molecule has 0 aliphatic carbocycles. The largest absolute Gasteiger partial charge is 0.508 e. The lowest BCUT2D eigenvalue weighted by molar-refractivity contribution is 0.102. The summed E-state index contributed by atoms with van der Waals surface area (Å²) in [5.74, 6) is 0.131. The molecule has 0 bridgehead atoms. The Morgan fingerprint density at radius 1 is 0.893 bits per heavy atom. The van der Waals surface area contributed by atoms with Gasteiger partial charge in [0.1, 0.15) is 23.0 Å². The van der Waals surface area contributed by atoms with Crippen LogP contribution in [0.15, 0.2) is 60.7 Å². The SMILES string of the molecule is COc1ccc(NC(=O)c2cc(NCc3cc(O)ccc3O)ccc2O)cc1. The maximum Gasteiger partial charge on any atom is 0.259 e. The molecule has 0 heterocycles. The van der Waals surface area contributed by atoms with Gasteiger partial charge < -0.3 is 30.7 Å². The second kappa shape index (κ2) is 8.22. The number of phenolic OH excluding ortho intramolecular Hbond substituents is 3. The number of anilines is 2. The van der Waals surface area contributed by atoms with Crippen molar-refractivity contribution in [2.75, 3.05) is 17.7 Å². The molecule has 0 aliphatic rings. The number of amides is 1. The molecule has 0 spiro atoms. The Kier molecular flexibility index (Phi) is 5.55. The minimum Gasteiger partial charge on any atom is -0.508 e. The molecule has 0 atom stereocenters. The number of phenols is 3.